The van der Waals surface area contributed by atoms with Crippen LogP contribution >= 0.6 is 0 Å². The lowest BCUT2D eigenvalue weighted by Gasteiger charge is -2.06. The smallest absolute Gasteiger partial charge is 0.337 e. The van der Waals surface area contributed by atoms with Crippen LogP contribution in [0.3, 0.4) is 0 Å². The molecule has 114 valence electrons. The first-order valence-corrected chi connectivity index (χ1v) is 7.89. The second-order valence-corrected chi connectivity index (χ2v) is 6.55. The number of benzene rings is 2. The van der Waals surface area contributed by atoms with Crippen LogP contribution in [0.4, 0.5) is 0 Å². The maximum atomic E-state index is 12.5. The third kappa shape index (κ3) is 3.07. The number of hydrogen-bond acceptors (Lipinski definition) is 5. The summed E-state index contributed by atoms with van der Waals surface area (Å²) in [4.78, 5) is 22.7. The Morgan fingerprint density at radius 3 is 1.59 bits per heavy atom. The summed E-state index contributed by atoms with van der Waals surface area (Å²) in [5.41, 5.74) is 0.716. The second-order valence-electron chi connectivity index (χ2n) is 4.60. The van der Waals surface area contributed by atoms with E-state index < -0.39 is 15.8 Å². The molecule has 0 aliphatic rings. The first-order valence-electron chi connectivity index (χ1n) is 6.40. The van der Waals surface area contributed by atoms with Gasteiger partial charge in [-0.15, -0.1) is 0 Å². The lowest BCUT2D eigenvalue weighted by atomic mass is 10.2. The highest BCUT2D eigenvalue weighted by atomic mass is 32.2. The number of methoxy groups -OCH3 is 1. The lowest BCUT2D eigenvalue weighted by molar-refractivity contribution is 0.0600. The molecule has 2 aromatic rings. The molecule has 0 atom stereocenters. The van der Waals surface area contributed by atoms with Gasteiger partial charge in [0.1, 0.15) is 0 Å². The van der Waals surface area contributed by atoms with Crippen molar-refractivity contribution < 1.29 is 22.7 Å². The molecule has 5 nitrogen and oxygen atoms in total. The fourth-order valence-electron chi connectivity index (χ4n) is 1.89. The van der Waals surface area contributed by atoms with Crippen LogP contribution in [-0.4, -0.2) is 27.3 Å². The molecule has 0 amide bonds. The van der Waals surface area contributed by atoms with Gasteiger partial charge in [-0.05, 0) is 43.3 Å². The number of Topliss-reactive ketones (excluding diaryl/α,β-unsaturated/α-hetero) is 1. The van der Waals surface area contributed by atoms with Gasteiger partial charge in [-0.3, -0.25) is 4.79 Å². The van der Waals surface area contributed by atoms with Crippen LogP contribution in [0.5, 0.6) is 0 Å². The molecule has 6 heteroatoms. The van der Waals surface area contributed by atoms with Gasteiger partial charge in [-0.25, -0.2) is 13.2 Å². The Labute approximate surface area is 128 Å². The summed E-state index contributed by atoms with van der Waals surface area (Å²) in [6.45, 7) is 1.41. The fraction of sp³-hybridized carbons (Fsp3) is 0.125. The van der Waals surface area contributed by atoms with E-state index in [2.05, 4.69) is 4.74 Å². The van der Waals surface area contributed by atoms with Gasteiger partial charge in [-0.1, -0.05) is 12.1 Å². The number of esters is 1. The van der Waals surface area contributed by atoms with Crippen molar-refractivity contribution in [2.75, 3.05) is 7.11 Å². The highest BCUT2D eigenvalue weighted by Crippen LogP contribution is 2.22. The van der Waals surface area contributed by atoms with Crippen molar-refractivity contribution in [3.63, 3.8) is 0 Å². The Kier molecular flexibility index (Phi) is 4.42. The van der Waals surface area contributed by atoms with E-state index in [9.17, 15) is 18.0 Å². The summed E-state index contributed by atoms with van der Waals surface area (Å²) >= 11 is 0. The lowest BCUT2D eigenvalue weighted by Crippen LogP contribution is -2.05. The molecule has 0 aliphatic heterocycles. The van der Waals surface area contributed by atoms with E-state index in [0.29, 0.717) is 5.56 Å². The Morgan fingerprint density at radius 1 is 0.818 bits per heavy atom. The van der Waals surface area contributed by atoms with Gasteiger partial charge in [0.2, 0.25) is 9.84 Å². The predicted octanol–water partition coefficient (Wildman–Crippen LogP) is 2.51. The number of sulfone groups is 1. The third-order valence-electron chi connectivity index (χ3n) is 3.16. The predicted molar refractivity (Wildman–Crippen MR) is 79.7 cm³/mol. The Bertz CT molecular complexity index is 803. The summed E-state index contributed by atoms with van der Waals surface area (Å²) in [5.74, 6) is -0.666. The topological polar surface area (TPSA) is 77.5 Å². The van der Waals surface area contributed by atoms with Crippen LogP contribution < -0.4 is 0 Å². The van der Waals surface area contributed by atoms with Crippen molar-refractivity contribution >= 4 is 21.6 Å². The molecule has 22 heavy (non-hydrogen) atoms. The van der Waals surface area contributed by atoms with Crippen LogP contribution in [-0.2, 0) is 14.6 Å². The molecular weight excluding hydrogens is 304 g/mol. The number of carbonyl (C=O) groups is 2. The van der Waals surface area contributed by atoms with E-state index in [0.717, 1.165) is 0 Å². The summed E-state index contributed by atoms with van der Waals surface area (Å²) in [7, 11) is -2.44. The van der Waals surface area contributed by atoms with Crippen LogP contribution in [0.25, 0.3) is 0 Å². The van der Waals surface area contributed by atoms with Gasteiger partial charge in [0, 0.05) is 5.56 Å². The molecular formula is C16H14O5S. The van der Waals surface area contributed by atoms with Crippen molar-refractivity contribution in [3.8, 4) is 0 Å². The average Bonchev–Trinajstić information content (AvgIpc) is 2.54. The van der Waals surface area contributed by atoms with Gasteiger partial charge in [0.15, 0.2) is 5.78 Å². The van der Waals surface area contributed by atoms with Gasteiger partial charge < -0.3 is 4.74 Å². The summed E-state index contributed by atoms with van der Waals surface area (Å²) in [6.07, 6.45) is 0. The quantitative estimate of drug-likeness (QED) is 0.639. The summed E-state index contributed by atoms with van der Waals surface area (Å²) in [6, 6.07) is 11.2. The van der Waals surface area contributed by atoms with Crippen LogP contribution in [0.1, 0.15) is 27.6 Å². The van der Waals surface area contributed by atoms with Gasteiger partial charge >= 0.3 is 5.97 Å². The molecule has 0 saturated heterocycles. The van der Waals surface area contributed by atoms with Gasteiger partial charge in [0.25, 0.3) is 0 Å². The average molecular weight is 318 g/mol. The Hall–Kier alpha value is -2.47. The van der Waals surface area contributed by atoms with E-state index in [1.807, 2.05) is 0 Å². The molecule has 0 bridgehead atoms. The SMILES string of the molecule is COC(=O)c1ccc(S(=O)(=O)c2ccc(C(C)=O)cc2)cc1. The number of rotatable bonds is 4. The van der Waals surface area contributed by atoms with Gasteiger partial charge in [-0.2, -0.15) is 0 Å². The molecule has 0 aliphatic carbocycles. The van der Waals surface area contributed by atoms with Crippen LogP contribution in [0.15, 0.2) is 58.3 Å². The molecule has 0 spiro atoms. The molecule has 0 aromatic heterocycles. The standard InChI is InChI=1S/C16H14O5S/c1-11(17)12-3-7-14(8-4-12)22(19,20)15-9-5-13(6-10-15)16(18)21-2/h3-10H,1-2H3. The summed E-state index contributed by atoms with van der Waals surface area (Å²) in [5, 5.41) is 0. The molecule has 0 N–H and O–H groups in total. The zero-order valence-electron chi connectivity index (χ0n) is 12.1. The highest BCUT2D eigenvalue weighted by molar-refractivity contribution is 7.91. The minimum absolute atomic E-state index is 0.0655. The maximum Gasteiger partial charge on any atom is 0.337 e. The number of hydrogen-bond donors (Lipinski definition) is 0. The fourth-order valence-corrected chi connectivity index (χ4v) is 3.15. The van der Waals surface area contributed by atoms with E-state index >= 15 is 0 Å². The van der Waals surface area contributed by atoms with Gasteiger partial charge in [0.05, 0.1) is 22.5 Å². The molecule has 0 saturated carbocycles. The van der Waals surface area contributed by atoms with Crippen molar-refractivity contribution in [3.05, 3.63) is 59.7 Å². The summed E-state index contributed by atoms with van der Waals surface area (Å²) < 4.78 is 29.5. The minimum Gasteiger partial charge on any atom is -0.465 e. The Balaban J connectivity index is 2.37. The van der Waals surface area contributed by atoms with Crippen molar-refractivity contribution in [2.24, 2.45) is 0 Å². The van der Waals surface area contributed by atoms with Crippen LogP contribution in [0, 0.1) is 0 Å². The molecule has 0 fully saturated rings. The zero-order valence-corrected chi connectivity index (χ0v) is 12.9. The molecule has 0 radical (unpaired) electrons. The largest absolute Gasteiger partial charge is 0.465 e. The second kappa shape index (κ2) is 6.11. The van der Waals surface area contributed by atoms with Crippen molar-refractivity contribution in [1.82, 2.24) is 0 Å². The first kappa shape index (κ1) is 15.9. The number of carbonyl (C=O) groups excluding carboxylic acids is 2. The van der Waals surface area contributed by atoms with E-state index in [1.165, 1.54) is 62.6 Å². The Morgan fingerprint density at radius 2 is 1.23 bits per heavy atom. The highest BCUT2D eigenvalue weighted by Gasteiger charge is 2.18. The maximum absolute atomic E-state index is 12.5. The molecule has 2 rings (SSSR count). The number of ether oxygens (including phenoxy) is 1. The van der Waals surface area contributed by atoms with E-state index in [-0.39, 0.29) is 21.1 Å². The van der Waals surface area contributed by atoms with Crippen molar-refractivity contribution in [1.29, 1.82) is 0 Å². The zero-order chi connectivity index (χ0) is 16.3. The van der Waals surface area contributed by atoms with Crippen molar-refractivity contribution in [2.45, 2.75) is 16.7 Å². The molecule has 0 heterocycles. The van der Waals surface area contributed by atoms with E-state index in [4.69, 9.17) is 0 Å². The third-order valence-corrected chi connectivity index (χ3v) is 4.94. The van der Waals surface area contributed by atoms with Crippen LogP contribution in [0.2, 0.25) is 0 Å². The van der Waals surface area contributed by atoms with E-state index in [1.54, 1.807) is 0 Å². The molecule has 0 unspecified atom stereocenters. The molecule has 2 aromatic carbocycles. The monoisotopic (exact) mass is 318 g/mol. The normalized spacial score (nSPS) is 11.0. The number of ketones is 1. The minimum atomic E-state index is -3.69. The first-order chi connectivity index (χ1) is 10.4.